The Bertz CT molecular complexity index is 639. The largest absolute Gasteiger partial charge is 0.484 e. The summed E-state index contributed by atoms with van der Waals surface area (Å²) in [5.41, 5.74) is 0.322. The Balaban J connectivity index is 1.92. The van der Waals surface area contributed by atoms with E-state index in [0.29, 0.717) is 21.3 Å². The fourth-order valence-electron chi connectivity index (χ4n) is 1.52. The average molecular weight is 326 g/mol. The molecule has 1 aromatic heterocycles. The van der Waals surface area contributed by atoms with Crippen LogP contribution in [0.4, 0.5) is 5.00 Å². The smallest absolute Gasteiger partial charge is 0.340 e. The standard InChI is InChI=1S/C14H12ClNO4S/c1-19-14(18)11-6-7-21-13(11)16-12(17)8-20-10-4-2-9(15)3-5-10/h2-7H,8H2,1H3,(H,16,17). The maximum atomic E-state index is 11.8. The predicted molar refractivity (Wildman–Crippen MR) is 81.2 cm³/mol. The molecule has 7 heteroatoms. The second-order valence-corrected chi connectivity index (χ2v) is 5.30. The minimum Gasteiger partial charge on any atom is -0.484 e. The number of hydrogen-bond donors (Lipinski definition) is 1. The van der Waals surface area contributed by atoms with Gasteiger partial charge in [-0.05, 0) is 35.7 Å². The molecule has 0 saturated carbocycles. The molecular weight excluding hydrogens is 314 g/mol. The van der Waals surface area contributed by atoms with Crippen molar-refractivity contribution < 1.29 is 19.1 Å². The van der Waals surface area contributed by atoms with Crippen LogP contribution in [0.1, 0.15) is 10.4 Å². The Kier molecular flexibility index (Phi) is 5.19. The first-order chi connectivity index (χ1) is 10.1. The molecule has 2 rings (SSSR count). The fraction of sp³-hybridized carbons (Fsp3) is 0.143. The monoisotopic (exact) mass is 325 g/mol. The Hall–Kier alpha value is -2.05. The SMILES string of the molecule is COC(=O)c1ccsc1NC(=O)COc1ccc(Cl)cc1. The van der Waals surface area contributed by atoms with Gasteiger partial charge in [0.1, 0.15) is 10.8 Å². The third-order valence-electron chi connectivity index (χ3n) is 2.51. The topological polar surface area (TPSA) is 64.6 Å². The number of amides is 1. The van der Waals surface area contributed by atoms with Crippen molar-refractivity contribution in [2.45, 2.75) is 0 Å². The van der Waals surface area contributed by atoms with Crippen molar-refractivity contribution >= 4 is 39.8 Å². The van der Waals surface area contributed by atoms with Crippen molar-refractivity contribution in [2.75, 3.05) is 19.0 Å². The van der Waals surface area contributed by atoms with Crippen LogP contribution in [0.2, 0.25) is 5.02 Å². The Morgan fingerprint density at radius 3 is 2.62 bits per heavy atom. The first kappa shape index (κ1) is 15.3. The van der Waals surface area contributed by atoms with E-state index in [9.17, 15) is 9.59 Å². The Labute approximate surface area is 130 Å². The highest BCUT2D eigenvalue weighted by molar-refractivity contribution is 7.14. The van der Waals surface area contributed by atoms with Crippen molar-refractivity contribution in [2.24, 2.45) is 0 Å². The number of anilines is 1. The molecule has 0 aliphatic rings. The van der Waals surface area contributed by atoms with E-state index in [-0.39, 0.29) is 12.5 Å². The highest BCUT2D eigenvalue weighted by Gasteiger charge is 2.15. The number of halogens is 1. The first-order valence-electron chi connectivity index (χ1n) is 5.94. The number of benzene rings is 1. The number of nitrogens with one attached hydrogen (secondary N) is 1. The van der Waals surface area contributed by atoms with Gasteiger partial charge >= 0.3 is 5.97 Å². The van der Waals surface area contributed by atoms with Crippen LogP contribution in [-0.2, 0) is 9.53 Å². The van der Waals surface area contributed by atoms with Crippen LogP contribution in [0, 0.1) is 0 Å². The van der Waals surface area contributed by atoms with Crippen LogP contribution in [-0.4, -0.2) is 25.6 Å². The van der Waals surface area contributed by atoms with E-state index in [1.54, 1.807) is 35.7 Å². The van der Waals surface area contributed by atoms with Gasteiger partial charge in [-0.2, -0.15) is 0 Å². The van der Waals surface area contributed by atoms with Crippen molar-refractivity contribution in [3.8, 4) is 5.75 Å². The summed E-state index contributed by atoms with van der Waals surface area (Å²) in [5, 5.41) is 5.34. The van der Waals surface area contributed by atoms with E-state index >= 15 is 0 Å². The predicted octanol–water partition coefficient (Wildman–Crippen LogP) is 3.21. The molecule has 1 heterocycles. The van der Waals surface area contributed by atoms with Gasteiger partial charge in [0.05, 0.1) is 12.7 Å². The van der Waals surface area contributed by atoms with Gasteiger partial charge in [-0.1, -0.05) is 11.6 Å². The molecule has 1 aromatic carbocycles. The van der Waals surface area contributed by atoms with Crippen LogP contribution in [0.25, 0.3) is 0 Å². The summed E-state index contributed by atoms with van der Waals surface area (Å²) in [4.78, 5) is 23.3. The molecule has 0 aliphatic heterocycles. The second kappa shape index (κ2) is 7.10. The third-order valence-corrected chi connectivity index (χ3v) is 3.59. The lowest BCUT2D eigenvalue weighted by molar-refractivity contribution is -0.118. The van der Waals surface area contributed by atoms with Crippen molar-refractivity contribution in [3.05, 3.63) is 46.3 Å². The minimum absolute atomic E-state index is 0.167. The zero-order chi connectivity index (χ0) is 15.2. The highest BCUT2D eigenvalue weighted by atomic mass is 35.5. The Morgan fingerprint density at radius 2 is 1.95 bits per heavy atom. The van der Waals surface area contributed by atoms with Gasteiger partial charge in [-0.15, -0.1) is 11.3 Å². The van der Waals surface area contributed by atoms with Crippen LogP contribution < -0.4 is 10.1 Å². The number of esters is 1. The lowest BCUT2D eigenvalue weighted by Gasteiger charge is -2.07. The molecule has 1 amide bonds. The molecule has 0 atom stereocenters. The summed E-state index contributed by atoms with van der Waals surface area (Å²) in [5.74, 6) is -0.323. The zero-order valence-corrected chi connectivity index (χ0v) is 12.7. The third kappa shape index (κ3) is 4.21. The lowest BCUT2D eigenvalue weighted by Crippen LogP contribution is -2.20. The van der Waals surface area contributed by atoms with E-state index in [1.807, 2.05) is 0 Å². The van der Waals surface area contributed by atoms with Gasteiger partial charge in [0.15, 0.2) is 6.61 Å². The number of hydrogen-bond acceptors (Lipinski definition) is 5. The van der Waals surface area contributed by atoms with Gasteiger partial charge in [-0.25, -0.2) is 4.79 Å². The van der Waals surface area contributed by atoms with Crippen molar-refractivity contribution in [1.29, 1.82) is 0 Å². The number of carbonyl (C=O) groups is 2. The van der Waals surface area contributed by atoms with Gasteiger partial charge in [0.25, 0.3) is 5.91 Å². The molecular formula is C14H12ClNO4S. The average Bonchev–Trinajstić information content (AvgIpc) is 2.94. The molecule has 5 nitrogen and oxygen atoms in total. The quantitative estimate of drug-likeness (QED) is 0.857. The molecule has 21 heavy (non-hydrogen) atoms. The van der Waals surface area contributed by atoms with E-state index in [2.05, 4.69) is 10.1 Å². The van der Waals surface area contributed by atoms with E-state index in [4.69, 9.17) is 16.3 Å². The molecule has 0 radical (unpaired) electrons. The maximum Gasteiger partial charge on any atom is 0.340 e. The molecule has 0 saturated heterocycles. The van der Waals surface area contributed by atoms with Crippen LogP contribution in [0.15, 0.2) is 35.7 Å². The summed E-state index contributed by atoms with van der Waals surface area (Å²) in [6, 6.07) is 8.26. The Morgan fingerprint density at radius 1 is 1.24 bits per heavy atom. The van der Waals surface area contributed by atoms with Gasteiger partial charge in [-0.3, -0.25) is 4.79 Å². The van der Waals surface area contributed by atoms with E-state index < -0.39 is 5.97 Å². The summed E-state index contributed by atoms with van der Waals surface area (Å²) in [6.07, 6.45) is 0. The molecule has 110 valence electrons. The molecule has 2 aromatic rings. The summed E-state index contributed by atoms with van der Waals surface area (Å²) < 4.78 is 9.95. The van der Waals surface area contributed by atoms with Crippen LogP contribution in [0.5, 0.6) is 5.75 Å². The summed E-state index contributed by atoms with van der Waals surface area (Å²) in [7, 11) is 1.29. The lowest BCUT2D eigenvalue weighted by atomic mass is 10.3. The van der Waals surface area contributed by atoms with E-state index in [1.165, 1.54) is 18.4 Å². The molecule has 0 fully saturated rings. The van der Waals surface area contributed by atoms with Gasteiger partial charge in [0.2, 0.25) is 0 Å². The summed E-state index contributed by atoms with van der Waals surface area (Å²) >= 11 is 6.99. The summed E-state index contributed by atoms with van der Waals surface area (Å²) in [6.45, 7) is -0.167. The number of rotatable bonds is 5. The maximum absolute atomic E-state index is 11.8. The van der Waals surface area contributed by atoms with Crippen molar-refractivity contribution in [1.82, 2.24) is 0 Å². The van der Waals surface area contributed by atoms with Crippen LogP contribution in [0.3, 0.4) is 0 Å². The molecule has 0 bridgehead atoms. The zero-order valence-electron chi connectivity index (χ0n) is 11.1. The van der Waals surface area contributed by atoms with Gasteiger partial charge in [0, 0.05) is 5.02 Å². The molecule has 0 spiro atoms. The first-order valence-corrected chi connectivity index (χ1v) is 7.20. The number of methoxy groups -OCH3 is 1. The van der Waals surface area contributed by atoms with Crippen molar-refractivity contribution in [3.63, 3.8) is 0 Å². The minimum atomic E-state index is -0.495. The number of ether oxygens (including phenoxy) is 2. The van der Waals surface area contributed by atoms with Crippen LogP contribution >= 0.6 is 22.9 Å². The second-order valence-electron chi connectivity index (χ2n) is 3.95. The molecule has 0 aliphatic carbocycles. The fourth-order valence-corrected chi connectivity index (χ4v) is 2.44. The highest BCUT2D eigenvalue weighted by Crippen LogP contribution is 2.24. The van der Waals surface area contributed by atoms with Gasteiger partial charge < -0.3 is 14.8 Å². The molecule has 0 unspecified atom stereocenters. The number of thiophene rings is 1. The molecule has 1 N–H and O–H groups in total. The normalized spacial score (nSPS) is 10.0. The number of carbonyl (C=O) groups excluding carboxylic acids is 2. The van der Waals surface area contributed by atoms with E-state index in [0.717, 1.165) is 0 Å².